The molecule has 3 heterocycles. The average molecular weight is 556 g/mol. The van der Waals surface area contributed by atoms with Crippen LogP contribution in [0.15, 0.2) is 49.6 Å². The van der Waals surface area contributed by atoms with Crippen LogP contribution in [0.3, 0.4) is 0 Å². The Hall–Kier alpha value is -2.78. The first kappa shape index (κ1) is 29.2. The average Bonchev–Trinajstić information content (AvgIpc) is 3.50. The van der Waals surface area contributed by atoms with E-state index in [0.717, 1.165) is 12.2 Å². The second-order valence-electron chi connectivity index (χ2n) is 10.8. The molecule has 3 amide bonds. The summed E-state index contributed by atoms with van der Waals surface area (Å²) in [5.74, 6) is -0.928. The summed E-state index contributed by atoms with van der Waals surface area (Å²) in [5.41, 5.74) is 0.709. The molecule has 8 nitrogen and oxygen atoms in total. The zero-order valence-corrected chi connectivity index (χ0v) is 24.2. The van der Waals surface area contributed by atoms with Crippen molar-refractivity contribution in [2.45, 2.75) is 56.2 Å². The molecule has 3 saturated heterocycles. The topological polar surface area (TPSA) is 90.4 Å². The Morgan fingerprint density at radius 2 is 1.87 bits per heavy atom. The minimum atomic E-state index is -0.745. The molecule has 3 unspecified atom stereocenters. The smallest absolute Gasteiger partial charge is 0.247 e. The number of thioether (sulfide) groups is 1. The molecular weight excluding hydrogens is 514 g/mol. The number of ether oxygens (including phenoxy) is 1. The van der Waals surface area contributed by atoms with Crippen LogP contribution < -0.4 is 9.64 Å². The summed E-state index contributed by atoms with van der Waals surface area (Å²) in [6.45, 7) is 16.6. The van der Waals surface area contributed by atoms with Crippen molar-refractivity contribution in [1.82, 2.24) is 9.80 Å². The van der Waals surface area contributed by atoms with Crippen molar-refractivity contribution in [2.24, 2.45) is 17.8 Å². The van der Waals surface area contributed by atoms with Crippen molar-refractivity contribution in [3.8, 4) is 5.75 Å². The highest BCUT2D eigenvalue weighted by molar-refractivity contribution is 8.02. The van der Waals surface area contributed by atoms with Crippen molar-refractivity contribution in [2.75, 3.05) is 37.7 Å². The largest absolute Gasteiger partial charge is 0.494 e. The molecule has 2 bridgehead atoms. The van der Waals surface area contributed by atoms with Crippen molar-refractivity contribution in [1.29, 1.82) is 0 Å². The number of benzene rings is 1. The van der Waals surface area contributed by atoms with E-state index in [-0.39, 0.29) is 48.1 Å². The van der Waals surface area contributed by atoms with E-state index in [1.165, 1.54) is 0 Å². The van der Waals surface area contributed by atoms with Gasteiger partial charge in [0, 0.05) is 36.6 Å². The zero-order chi connectivity index (χ0) is 28.5. The second-order valence-corrected chi connectivity index (χ2v) is 12.4. The molecule has 1 spiro atoms. The minimum Gasteiger partial charge on any atom is -0.494 e. The fourth-order valence-electron chi connectivity index (χ4n) is 6.80. The van der Waals surface area contributed by atoms with Gasteiger partial charge in [0.25, 0.3) is 0 Å². The number of aliphatic hydroxyl groups excluding tert-OH is 1. The number of amides is 3. The van der Waals surface area contributed by atoms with E-state index >= 15 is 0 Å². The lowest BCUT2D eigenvalue weighted by molar-refractivity contribution is -0.144. The molecule has 1 aromatic carbocycles. The highest BCUT2D eigenvalue weighted by atomic mass is 32.2. The normalized spacial score (nSPS) is 28.9. The minimum absolute atomic E-state index is 0.0548. The van der Waals surface area contributed by atoms with E-state index in [0.29, 0.717) is 25.4 Å². The van der Waals surface area contributed by atoms with Crippen LogP contribution in [0.4, 0.5) is 5.69 Å². The number of carbonyl (C=O) groups is 3. The molecule has 9 heteroatoms. The van der Waals surface area contributed by atoms with Crippen LogP contribution in [0.25, 0.3) is 0 Å². The standard InChI is InChI=1S/C30H41N3O5S/c1-7-14-31(19(4)5)29(37)26-30-20(6)18-23(39-30)24(25(30)28(36)33(26)16-17-34)27(35)32(15-8-2)21-10-12-22(13-11-21)38-9-3/h7-8,10-13,19-20,23-26,34H,1-2,9,14-18H2,3-6H3/t20?,23-,24+,25+,26?,30?/m1/s1. The lowest BCUT2D eigenvalue weighted by atomic mass is 9.65. The van der Waals surface area contributed by atoms with Gasteiger partial charge in [-0.15, -0.1) is 24.9 Å². The summed E-state index contributed by atoms with van der Waals surface area (Å²) >= 11 is 1.64. The van der Waals surface area contributed by atoms with Crippen molar-refractivity contribution in [3.05, 3.63) is 49.6 Å². The van der Waals surface area contributed by atoms with Gasteiger partial charge >= 0.3 is 0 Å². The molecular formula is C30H41N3O5S. The van der Waals surface area contributed by atoms with Crippen LogP contribution in [0.1, 0.15) is 34.1 Å². The monoisotopic (exact) mass is 555 g/mol. The van der Waals surface area contributed by atoms with Gasteiger partial charge in [-0.3, -0.25) is 14.4 Å². The summed E-state index contributed by atoms with van der Waals surface area (Å²) in [7, 11) is 0. The Balaban J connectivity index is 1.75. The quantitative estimate of drug-likeness (QED) is 0.398. The number of aliphatic hydroxyl groups is 1. The molecule has 0 saturated carbocycles. The Morgan fingerprint density at radius 3 is 2.44 bits per heavy atom. The molecule has 6 atom stereocenters. The first-order chi connectivity index (χ1) is 18.7. The molecule has 3 aliphatic rings. The van der Waals surface area contributed by atoms with E-state index in [1.54, 1.807) is 38.6 Å². The molecule has 1 N–H and O–H groups in total. The summed E-state index contributed by atoms with van der Waals surface area (Å²) in [4.78, 5) is 47.6. The highest BCUT2D eigenvalue weighted by Gasteiger charge is 2.76. The molecule has 212 valence electrons. The first-order valence-electron chi connectivity index (χ1n) is 13.8. The van der Waals surface area contributed by atoms with E-state index in [2.05, 4.69) is 20.1 Å². The maximum atomic E-state index is 14.3. The van der Waals surface area contributed by atoms with Gasteiger partial charge in [0.2, 0.25) is 17.7 Å². The second kappa shape index (κ2) is 11.8. The summed E-state index contributed by atoms with van der Waals surface area (Å²) in [6, 6.07) is 6.53. The van der Waals surface area contributed by atoms with Crippen molar-refractivity contribution >= 4 is 35.2 Å². The van der Waals surface area contributed by atoms with Crippen molar-refractivity contribution < 1.29 is 24.2 Å². The Kier molecular flexibility index (Phi) is 8.81. The van der Waals surface area contributed by atoms with Gasteiger partial charge < -0.3 is 24.5 Å². The molecule has 3 fully saturated rings. The van der Waals surface area contributed by atoms with Crippen LogP contribution >= 0.6 is 11.8 Å². The predicted molar refractivity (Wildman–Crippen MR) is 155 cm³/mol. The number of fused-ring (bicyclic) bond motifs is 1. The van der Waals surface area contributed by atoms with Crippen LogP contribution in [0.5, 0.6) is 5.75 Å². The lowest BCUT2D eigenvalue weighted by Crippen LogP contribution is -2.58. The Labute approximate surface area is 236 Å². The lowest BCUT2D eigenvalue weighted by Gasteiger charge is -2.41. The van der Waals surface area contributed by atoms with E-state index in [1.807, 2.05) is 45.0 Å². The molecule has 4 rings (SSSR count). The van der Waals surface area contributed by atoms with Crippen molar-refractivity contribution in [3.63, 3.8) is 0 Å². The van der Waals surface area contributed by atoms with Gasteiger partial charge in [-0.2, -0.15) is 0 Å². The van der Waals surface area contributed by atoms with Gasteiger partial charge in [-0.1, -0.05) is 19.1 Å². The maximum Gasteiger partial charge on any atom is 0.247 e. The SMILES string of the molecule is C=CCN(C(=O)[C@@H]1[C@H]2C(=O)N(CCO)C(C(=O)N(CC=C)C(C)C)C23S[C@@H]1CC3C)c1ccc(OCC)cc1. The number of anilines is 1. The number of carbonyl (C=O) groups excluding carboxylic acids is 3. The molecule has 39 heavy (non-hydrogen) atoms. The van der Waals surface area contributed by atoms with Gasteiger partial charge in [0.15, 0.2) is 0 Å². The number of hydrogen-bond donors (Lipinski definition) is 1. The van der Waals surface area contributed by atoms with Gasteiger partial charge in [0.1, 0.15) is 11.8 Å². The predicted octanol–water partition coefficient (Wildman–Crippen LogP) is 3.36. The Bertz CT molecular complexity index is 1110. The molecule has 1 aromatic rings. The van der Waals surface area contributed by atoms with Crippen LogP contribution in [0.2, 0.25) is 0 Å². The molecule has 0 aromatic heterocycles. The summed E-state index contributed by atoms with van der Waals surface area (Å²) in [6.07, 6.45) is 4.12. The Morgan fingerprint density at radius 1 is 1.21 bits per heavy atom. The van der Waals surface area contributed by atoms with Crippen LogP contribution in [-0.2, 0) is 14.4 Å². The molecule has 3 aliphatic heterocycles. The molecule has 0 aliphatic carbocycles. The third-order valence-corrected chi connectivity index (χ3v) is 10.5. The van der Waals surface area contributed by atoms with E-state index < -0.39 is 22.6 Å². The highest BCUT2D eigenvalue weighted by Crippen LogP contribution is 2.69. The maximum absolute atomic E-state index is 14.3. The first-order valence-corrected chi connectivity index (χ1v) is 14.7. The number of rotatable bonds is 12. The van der Waals surface area contributed by atoms with Gasteiger partial charge in [-0.25, -0.2) is 0 Å². The number of β-amino-alcohol motifs (C(OH)–C–C–N with tert-alkyl or cyclic N) is 1. The fourth-order valence-corrected chi connectivity index (χ4v) is 9.21. The third kappa shape index (κ3) is 4.78. The molecule has 0 radical (unpaired) electrons. The summed E-state index contributed by atoms with van der Waals surface area (Å²) < 4.78 is 4.83. The van der Waals surface area contributed by atoms with Gasteiger partial charge in [-0.05, 0) is 57.4 Å². The zero-order valence-electron chi connectivity index (χ0n) is 23.4. The number of nitrogens with zero attached hydrogens (tertiary/aromatic N) is 3. The van der Waals surface area contributed by atoms with Gasteiger partial charge in [0.05, 0.1) is 29.8 Å². The fraction of sp³-hybridized carbons (Fsp3) is 0.567. The number of likely N-dealkylation sites (tertiary alicyclic amines) is 1. The third-order valence-electron chi connectivity index (χ3n) is 8.37. The van der Waals surface area contributed by atoms with Crippen LogP contribution in [-0.4, -0.2) is 87.6 Å². The van der Waals surface area contributed by atoms with E-state index in [9.17, 15) is 19.5 Å². The number of hydrogen-bond acceptors (Lipinski definition) is 6. The van der Waals surface area contributed by atoms with E-state index in [4.69, 9.17) is 4.74 Å². The van der Waals surface area contributed by atoms with Crippen LogP contribution in [0, 0.1) is 17.8 Å². The summed E-state index contributed by atoms with van der Waals surface area (Å²) in [5, 5.41) is 9.82.